The standard InChI is InChI=1S/C17H19N3O4S2/c21-13-6-11(18-17-19(13)4-5-26-17)8-25-9-14(22)20-7-10-2-1-3-12(10)15(20)16(23)24/h4-6,10,12,15H,1-3,7-9H2,(H,23,24). The quantitative estimate of drug-likeness (QED) is 0.831. The second-order valence-electron chi connectivity index (χ2n) is 6.82. The van der Waals surface area contributed by atoms with Crippen molar-refractivity contribution < 1.29 is 14.7 Å². The van der Waals surface area contributed by atoms with Crippen LogP contribution < -0.4 is 5.56 Å². The molecule has 2 aromatic heterocycles. The maximum absolute atomic E-state index is 12.6. The highest BCUT2D eigenvalue weighted by Crippen LogP contribution is 2.42. The fraction of sp³-hybridized carbons (Fsp3) is 0.529. The molecule has 0 radical (unpaired) electrons. The lowest BCUT2D eigenvalue weighted by molar-refractivity contribution is -0.148. The molecule has 1 aliphatic heterocycles. The summed E-state index contributed by atoms with van der Waals surface area (Å²) in [6.07, 6.45) is 4.65. The summed E-state index contributed by atoms with van der Waals surface area (Å²) < 4.78 is 1.49. The molecule has 2 fully saturated rings. The number of aliphatic carboxylic acids is 1. The Morgan fingerprint density at radius 1 is 1.38 bits per heavy atom. The summed E-state index contributed by atoms with van der Waals surface area (Å²) >= 11 is 2.76. The van der Waals surface area contributed by atoms with Crippen LogP contribution in [0, 0.1) is 11.8 Å². The van der Waals surface area contributed by atoms with E-state index in [0.717, 1.165) is 19.3 Å². The number of carbonyl (C=O) groups excluding carboxylic acids is 1. The van der Waals surface area contributed by atoms with Crippen LogP contribution in [0.15, 0.2) is 22.4 Å². The van der Waals surface area contributed by atoms with E-state index in [9.17, 15) is 19.5 Å². The number of thioether (sulfide) groups is 1. The van der Waals surface area contributed by atoms with Crippen molar-refractivity contribution in [2.45, 2.75) is 31.1 Å². The molecule has 3 atom stereocenters. The Bertz CT molecular complexity index is 909. The average Bonchev–Trinajstić information content (AvgIpc) is 3.29. The number of hydrogen-bond acceptors (Lipinski definition) is 6. The molecule has 3 heterocycles. The molecule has 1 saturated carbocycles. The summed E-state index contributed by atoms with van der Waals surface area (Å²) in [5.41, 5.74) is 0.514. The molecular weight excluding hydrogens is 374 g/mol. The van der Waals surface area contributed by atoms with Crippen LogP contribution in [0.5, 0.6) is 0 Å². The largest absolute Gasteiger partial charge is 0.480 e. The van der Waals surface area contributed by atoms with E-state index in [0.29, 0.717) is 28.9 Å². The van der Waals surface area contributed by atoms with Crippen molar-refractivity contribution >= 4 is 39.9 Å². The Morgan fingerprint density at radius 3 is 3.04 bits per heavy atom. The van der Waals surface area contributed by atoms with E-state index in [2.05, 4.69) is 4.98 Å². The van der Waals surface area contributed by atoms with Gasteiger partial charge in [0.05, 0.1) is 11.4 Å². The number of aromatic nitrogens is 2. The first-order valence-electron chi connectivity index (χ1n) is 8.60. The van der Waals surface area contributed by atoms with Gasteiger partial charge >= 0.3 is 5.97 Å². The molecule has 4 rings (SSSR count). The van der Waals surface area contributed by atoms with Gasteiger partial charge in [-0.05, 0) is 24.7 Å². The van der Waals surface area contributed by atoms with Crippen LogP contribution in [-0.4, -0.2) is 49.6 Å². The minimum Gasteiger partial charge on any atom is -0.480 e. The highest BCUT2D eigenvalue weighted by Gasteiger charge is 2.49. The van der Waals surface area contributed by atoms with Crippen LogP contribution in [0.2, 0.25) is 0 Å². The van der Waals surface area contributed by atoms with E-state index in [-0.39, 0.29) is 23.1 Å². The van der Waals surface area contributed by atoms with Crippen LogP contribution >= 0.6 is 23.1 Å². The monoisotopic (exact) mass is 393 g/mol. The van der Waals surface area contributed by atoms with Gasteiger partial charge in [0.25, 0.3) is 5.56 Å². The van der Waals surface area contributed by atoms with Crippen LogP contribution in [0.1, 0.15) is 25.0 Å². The minimum absolute atomic E-state index is 0.101. The van der Waals surface area contributed by atoms with Gasteiger partial charge in [-0.1, -0.05) is 6.42 Å². The predicted molar refractivity (Wildman–Crippen MR) is 99.5 cm³/mol. The first kappa shape index (κ1) is 17.5. The smallest absolute Gasteiger partial charge is 0.326 e. The van der Waals surface area contributed by atoms with Crippen molar-refractivity contribution in [3.63, 3.8) is 0 Å². The van der Waals surface area contributed by atoms with Gasteiger partial charge < -0.3 is 10.0 Å². The molecule has 0 aromatic carbocycles. The normalized spacial score (nSPS) is 24.9. The number of carboxylic acids is 1. The molecule has 7 nitrogen and oxygen atoms in total. The van der Waals surface area contributed by atoms with E-state index >= 15 is 0 Å². The summed E-state index contributed by atoms with van der Waals surface area (Å²) in [6, 6.07) is 0.804. The number of carboxylic acid groups (broad SMARTS) is 1. The fourth-order valence-corrected chi connectivity index (χ4v) is 5.70. The third-order valence-corrected chi connectivity index (χ3v) is 7.00. The van der Waals surface area contributed by atoms with Gasteiger partial charge in [-0.3, -0.25) is 14.0 Å². The Labute approximate surface area is 158 Å². The van der Waals surface area contributed by atoms with E-state index in [1.807, 2.05) is 0 Å². The van der Waals surface area contributed by atoms with Crippen LogP contribution in [-0.2, 0) is 15.3 Å². The van der Waals surface area contributed by atoms with Gasteiger partial charge in [0.2, 0.25) is 5.91 Å². The highest BCUT2D eigenvalue weighted by molar-refractivity contribution is 7.99. The van der Waals surface area contributed by atoms with Gasteiger partial charge in [0, 0.05) is 29.9 Å². The first-order chi connectivity index (χ1) is 12.5. The zero-order valence-electron chi connectivity index (χ0n) is 14.0. The van der Waals surface area contributed by atoms with Crippen LogP contribution in [0.4, 0.5) is 0 Å². The summed E-state index contributed by atoms with van der Waals surface area (Å²) in [4.78, 5) is 42.8. The summed E-state index contributed by atoms with van der Waals surface area (Å²) in [5.74, 6) is 0.0569. The molecule has 26 heavy (non-hydrogen) atoms. The molecule has 2 aromatic rings. The number of amides is 1. The number of fused-ring (bicyclic) bond motifs is 2. The molecule has 0 spiro atoms. The summed E-state index contributed by atoms with van der Waals surface area (Å²) in [7, 11) is 0. The third-order valence-electron chi connectivity index (χ3n) is 5.30. The molecule has 2 aliphatic rings. The van der Waals surface area contributed by atoms with Gasteiger partial charge in [-0.2, -0.15) is 0 Å². The lowest BCUT2D eigenvalue weighted by atomic mass is 9.94. The molecule has 1 saturated heterocycles. The van der Waals surface area contributed by atoms with Gasteiger partial charge in [-0.15, -0.1) is 23.1 Å². The molecule has 9 heteroatoms. The maximum atomic E-state index is 12.6. The molecule has 1 N–H and O–H groups in total. The maximum Gasteiger partial charge on any atom is 0.326 e. The molecule has 138 valence electrons. The van der Waals surface area contributed by atoms with Crippen molar-refractivity contribution in [1.82, 2.24) is 14.3 Å². The van der Waals surface area contributed by atoms with Crippen molar-refractivity contribution in [3.8, 4) is 0 Å². The van der Waals surface area contributed by atoms with E-state index in [1.165, 1.54) is 33.6 Å². The van der Waals surface area contributed by atoms with Crippen molar-refractivity contribution in [2.75, 3.05) is 12.3 Å². The zero-order chi connectivity index (χ0) is 18.3. The Hall–Kier alpha value is -1.87. The van der Waals surface area contributed by atoms with Crippen molar-refractivity contribution in [3.05, 3.63) is 33.7 Å². The average molecular weight is 393 g/mol. The Kier molecular flexibility index (Phi) is 4.74. The van der Waals surface area contributed by atoms with Gasteiger partial charge in [0.1, 0.15) is 6.04 Å². The summed E-state index contributed by atoms with van der Waals surface area (Å²) in [6.45, 7) is 0.557. The molecule has 1 amide bonds. The Balaban J connectivity index is 1.39. The number of thiazole rings is 1. The molecule has 3 unspecified atom stereocenters. The summed E-state index contributed by atoms with van der Waals surface area (Å²) in [5, 5.41) is 11.4. The molecule has 0 bridgehead atoms. The second-order valence-corrected chi connectivity index (χ2v) is 8.68. The number of likely N-dealkylation sites (tertiary alicyclic amines) is 1. The SMILES string of the molecule is O=C(O)C1C2CCCC2CN1C(=O)CSCc1cc(=O)n2ccsc2n1. The number of hydrogen-bond donors (Lipinski definition) is 1. The number of rotatable bonds is 5. The zero-order valence-corrected chi connectivity index (χ0v) is 15.7. The predicted octanol–water partition coefficient (Wildman–Crippen LogP) is 1.70. The van der Waals surface area contributed by atoms with Gasteiger partial charge in [-0.25, -0.2) is 9.78 Å². The number of nitrogens with zero attached hydrogens (tertiary/aromatic N) is 3. The highest BCUT2D eigenvalue weighted by atomic mass is 32.2. The van der Waals surface area contributed by atoms with E-state index in [4.69, 9.17) is 0 Å². The fourth-order valence-electron chi connectivity index (χ4n) is 4.17. The Morgan fingerprint density at radius 2 is 2.23 bits per heavy atom. The van der Waals surface area contributed by atoms with E-state index in [1.54, 1.807) is 16.5 Å². The lowest BCUT2D eigenvalue weighted by Gasteiger charge is -2.24. The van der Waals surface area contributed by atoms with Crippen LogP contribution in [0.25, 0.3) is 4.96 Å². The first-order valence-corrected chi connectivity index (χ1v) is 10.6. The topological polar surface area (TPSA) is 92.0 Å². The van der Waals surface area contributed by atoms with Crippen molar-refractivity contribution in [1.29, 1.82) is 0 Å². The second kappa shape index (κ2) is 7.03. The third kappa shape index (κ3) is 3.14. The molecular formula is C17H19N3O4S2. The minimum atomic E-state index is -0.893. The van der Waals surface area contributed by atoms with Gasteiger partial charge in [0.15, 0.2) is 4.96 Å². The number of carbonyl (C=O) groups is 2. The lowest BCUT2D eigenvalue weighted by Crippen LogP contribution is -2.44. The molecule has 1 aliphatic carbocycles. The van der Waals surface area contributed by atoms with Crippen molar-refractivity contribution in [2.24, 2.45) is 11.8 Å². The van der Waals surface area contributed by atoms with Crippen LogP contribution in [0.3, 0.4) is 0 Å². The van der Waals surface area contributed by atoms with E-state index < -0.39 is 12.0 Å².